The largest absolute Gasteiger partial charge is 0.463 e. The Labute approximate surface area is 304 Å². The monoisotopic (exact) mass is 717 g/mol. The highest BCUT2D eigenvalue weighted by atomic mass is 16.7. The Kier molecular flexibility index (Phi) is 14.2. The molecule has 0 aliphatic carbocycles. The molecule has 4 rings (SSSR count). The normalized spacial score (nSPS) is 34.2. The summed E-state index contributed by atoms with van der Waals surface area (Å²) in [6.45, 7) is 15.5. The van der Waals surface area contributed by atoms with Gasteiger partial charge in [-0.1, -0.05) is 20.8 Å². The first kappa shape index (κ1) is 41.2. The first-order valence-electron chi connectivity index (χ1n) is 18.7. The molecule has 51 heavy (non-hydrogen) atoms. The van der Waals surface area contributed by atoms with E-state index in [-0.39, 0.29) is 42.4 Å². The molecule has 1 N–H and O–H groups in total. The Morgan fingerprint density at radius 1 is 1.18 bits per heavy atom. The molecule has 0 bridgehead atoms. The number of fused-ring (bicyclic) bond motifs is 1. The van der Waals surface area contributed by atoms with Gasteiger partial charge in [0.1, 0.15) is 24.5 Å². The van der Waals surface area contributed by atoms with Crippen LogP contribution in [-0.2, 0) is 46.3 Å². The van der Waals surface area contributed by atoms with Crippen LogP contribution in [-0.4, -0.2) is 137 Å². The highest BCUT2D eigenvalue weighted by molar-refractivity contribution is 6.04. The van der Waals surface area contributed by atoms with Crippen molar-refractivity contribution < 1.29 is 38.4 Å². The van der Waals surface area contributed by atoms with E-state index < -0.39 is 41.4 Å². The number of esters is 1. The van der Waals surface area contributed by atoms with Crippen LogP contribution in [0.4, 0.5) is 0 Å². The van der Waals surface area contributed by atoms with Gasteiger partial charge in [0.05, 0.1) is 23.9 Å². The van der Waals surface area contributed by atoms with Crippen LogP contribution >= 0.6 is 0 Å². The highest BCUT2D eigenvalue weighted by Gasteiger charge is 2.51. The van der Waals surface area contributed by atoms with E-state index in [0.717, 1.165) is 43.7 Å². The summed E-state index contributed by atoms with van der Waals surface area (Å²) < 4.78 is 25.0. The third kappa shape index (κ3) is 9.71. The third-order valence-electron chi connectivity index (χ3n) is 11.3. The van der Waals surface area contributed by atoms with Crippen LogP contribution in [0.25, 0.3) is 0 Å². The van der Waals surface area contributed by atoms with Gasteiger partial charge in [-0.15, -0.1) is 0 Å². The number of hydrogen-bond donors (Lipinski definition) is 1. The summed E-state index contributed by atoms with van der Waals surface area (Å²) in [7, 11) is 5.40. The molecule has 1 aromatic rings. The maximum atomic E-state index is 14.3. The van der Waals surface area contributed by atoms with Crippen molar-refractivity contribution >= 4 is 17.7 Å². The van der Waals surface area contributed by atoms with E-state index >= 15 is 0 Å². The lowest BCUT2D eigenvalue weighted by Gasteiger charge is -2.47. The molecular formula is C38H63N5O8. The van der Waals surface area contributed by atoms with E-state index in [1.807, 2.05) is 50.9 Å². The molecule has 3 aliphatic rings. The Morgan fingerprint density at radius 2 is 1.90 bits per heavy atom. The van der Waals surface area contributed by atoms with Crippen LogP contribution < -0.4 is 0 Å². The Balaban J connectivity index is 1.62. The fourth-order valence-corrected chi connectivity index (χ4v) is 8.21. The number of likely N-dealkylation sites (N-methyl/N-ethyl adjacent to an activating group) is 1. The van der Waals surface area contributed by atoms with Gasteiger partial charge in [-0.05, 0) is 79.9 Å². The molecule has 0 saturated carbocycles. The zero-order valence-corrected chi connectivity index (χ0v) is 32.6. The van der Waals surface area contributed by atoms with Crippen molar-refractivity contribution in [2.45, 2.75) is 136 Å². The number of cyclic esters (lactones) is 1. The molecule has 13 heteroatoms. The zero-order chi connectivity index (χ0) is 37.7. The average molecular weight is 718 g/mol. The smallest absolute Gasteiger partial charge is 0.319 e. The van der Waals surface area contributed by atoms with Gasteiger partial charge in [-0.3, -0.25) is 19.3 Å². The Bertz CT molecular complexity index is 1340. The van der Waals surface area contributed by atoms with Gasteiger partial charge in [-0.2, -0.15) is 0 Å². The van der Waals surface area contributed by atoms with Crippen LogP contribution in [0.5, 0.6) is 0 Å². The Hall–Kier alpha value is -2.55. The molecule has 0 aromatic carbocycles. The molecule has 0 radical (unpaired) electrons. The van der Waals surface area contributed by atoms with Crippen molar-refractivity contribution in [2.24, 2.45) is 17.3 Å². The van der Waals surface area contributed by atoms with Gasteiger partial charge in [0.2, 0.25) is 5.91 Å². The molecule has 3 aliphatic heterocycles. The number of aliphatic hydroxyl groups excluding tert-OH is 1. The summed E-state index contributed by atoms with van der Waals surface area (Å²) in [6.07, 6.45) is 4.00. The lowest BCUT2D eigenvalue weighted by molar-refractivity contribution is -0.295. The molecule has 2 fully saturated rings. The van der Waals surface area contributed by atoms with Crippen molar-refractivity contribution in [3.05, 3.63) is 23.8 Å². The first-order valence-corrected chi connectivity index (χ1v) is 18.7. The molecule has 2 saturated heterocycles. The van der Waals surface area contributed by atoms with Gasteiger partial charge in [0.25, 0.3) is 0 Å². The summed E-state index contributed by atoms with van der Waals surface area (Å²) in [6, 6.07) is -0.589. The van der Waals surface area contributed by atoms with Gasteiger partial charge >= 0.3 is 5.97 Å². The Morgan fingerprint density at radius 3 is 2.57 bits per heavy atom. The summed E-state index contributed by atoms with van der Waals surface area (Å²) in [5, 5.41) is 11.4. The number of rotatable bonds is 9. The molecule has 0 spiro atoms. The number of ether oxygens (including phenoxy) is 4. The van der Waals surface area contributed by atoms with Crippen LogP contribution in [0, 0.1) is 17.3 Å². The van der Waals surface area contributed by atoms with Gasteiger partial charge in [-0.25, -0.2) is 9.97 Å². The van der Waals surface area contributed by atoms with Crippen molar-refractivity contribution in [3.8, 4) is 0 Å². The second-order valence-corrected chi connectivity index (χ2v) is 16.0. The summed E-state index contributed by atoms with van der Waals surface area (Å²) in [5.41, 5.74) is -0.342. The first-order chi connectivity index (χ1) is 24.0. The second kappa shape index (κ2) is 17.5. The second-order valence-electron chi connectivity index (χ2n) is 16.0. The molecule has 288 valence electrons. The van der Waals surface area contributed by atoms with E-state index in [2.05, 4.69) is 21.8 Å². The van der Waals surface area contributed by atoms with Crippen LogP contribution in [0.1, 0.15) is 91.8 Å². The van der Waals surface area contributed by atoms with Crippen molar-refractivity contribution in [1.29, 1.82) is 0 Å². The molecule has 1 aromatic heterocycles. The van der Waals surface area contributed by atoms with Gasteiger partial charge < -0.3 is 33.9 Å². The maximum absolute atomic E-state index is 14.3. The van der Waals surface area contributed by atoms with E-state index in [1.54, 1.807) is 34.2 Å². The van der Waals surface area contributed by atoms with Crippen molar-refractivity contribution in [2.75, 3.05) is 47.4 Å². The van der Waals surface area contributed by atoms with Gasteiger partial charge in [0.15, 0.2) is 12.1 Å². The van der Waals surface area contributed by atoms with Crippen molar-refractivity contribution in [1.82, 2.24) is 24.7 Å². The predicted molar refractivity (Wildman–Crippen MR) is 191 cm³/mol. The number of methoxy groups -OCH3 is 1. The minimum atomic E-state index is -1.52. The lowest BCUT2D eigenvalue weighted by Crippen LogP contribution is -2.59. The third-order valence-corrected chi connectivity index (χ3v) is 11.3. The van der Waals surface area contributed by atoms with Crippen molar-refractivity contribution in [3.63, 3.8) is 0 Å². The fourth-order valence-electron chi connectivity index (χ4n) is 8.21. The van der Waals surface area contributed by atoms with E-state index in [1.165, 1.54) is 0 Å². The topological polar surface area (TPSA) is 144 Å². The molecule has 4 heterocycles. The summed E-state index contributed by atoms with van der Waals surface area (Å²) >= 11 is 0. The van der Waals surface area contributed by atoms with Crippen LogP contribution in [0.15, 0.2) is 12.5 Å². The number of aromatic nitrogens is 2. The molecule has 0 unspecified atom stereocenters. The minimum Gasteiger partial charge on any atom is -0.463 e. The highest BCUT2D eigenvalue weighted by Crippen LogP contribution is 2.38. The van der Waals surface area contributed by atoms with E-state index in [4.69, 9.17) is 18.9 Å². The van der Waals surface area contributed by atoms with E-state index in [9.17, 15) is 19.5 Å². The number of amides is 1. The lowest BCUT2D eigenvalue weighted by atomic mass is 9.74. The van der Waals surface area contributed by atoms with Gasteiger partial charge in [0, 0.05) is 69.0 Å². The SMILES string of the molecule is CCC(=O)N1C[C@H](C)C[C@@](C)(OC)[C@H](O[C@@H]2O[C@H](C)C[C@H](N(C)C)[C@H]2O)[C@@H](C)C(=O)C(C)(C)C(=O)OC[C@H]1CCCN1CCc2ncncc2C1. The number of Topliss-reactive ketones (excluding diaryl/α,β-unsaturated/α-hetero) is 1. The van der Waals surface area contributed by atoms with Crippen LogP contribution in [0.3, 0.4) is 0 Å². The standard InChI is InChI=1S/C38H63N5O8/c1-11-31(44)43-20-24(2)18-38(7,48-10)34(51-35-32(45)30(41(8)9)17-25(3)50-35)26(4)33(46)37(5,6)36(47)49-22-28(43)13-12-15-42-16-14-29-27(21-42)19-39-23-40-29/h19,23-26,28,30,32,34-35,45H,11-18,20-22H2,1-10H3/t24-,25-,26+,28-,30+,32-,34-,35+,38-/m1/s1. The quantitative estimate of drug-likeness (QED) is 0.296. The number of carbonyl (C=O) groups is 3. The summed E-state index contributed by atoms with van der Waals surface area (Å²) in [4.78, 5) is 56.6. The molecule has 9 atom stereocenters. The zero-order valence-electron chi connectivity index (χ0n) is 32.6. The number of ketones is 1. The average Bonchev–Trinajstić information content (AvgIpc) is 3.10. The summed E-state index contributed by atoms with van der Waals surface area (Å²) in [5.74, 6) is -1.96. The van der Waals surface area contributed by atoms with E-state index in [0.29, 0.717) is 32.2 Å². The number of nitrogens with zero attached hydrogens (tertiary/aromatic N) is 5. The fraction of sp³-hybridized carbons (Fsp3) is 0.816. The molecule has 13 nitrogen and oxygen atoms in total. The predicted octanol–water partition coefficient (Wildman–Crippen LogP) is 3.25. The molecular weight excluding hydrogens is 654 g/mol. The van der Waals surface area contributed by atoms with Crippen LogP contribution in [0.2, 0.25) is 0 Å². The number of hydrogen-bond acceptors (Lipinski definition) is 12. The maximum Gasteiger partial charge on any atom is 0.319 e. The number of aliphatic hydroxyl groups is 1. The number of carbonyl (C=O) groups excluding carboxylic acids is 3. The molecule has 1 amide bonds. The minimum absolute atomic E-state index is 0.00749.